The lowest BCUT2D eigenvalue weighted by atomic mass is 10.1. The van der Waals surface area contributed by atoms with E-state index in [4.69, 9.17) is 9.84 Å². The average molecular weight is 592 g/mol. The van der Waals surface area contributed by atoms with E-state index in [9.17, 15) is 14.4 Å². The van der Waals surface area contributed by atoms with E-state index in [-0.39, 0.29) is 24.5 Å². The Kier molecular flexibility index (Phi) is 30.2. The Morgan fingerprint density at radius 2 is 1.14 bits per heavy atom. The van der Waals surface area contributed by atoms with E-state index in [1.807, 2.05) is 6.08 Å². The topological polar surface area (TPSA) is 92.7 Å². The molecule has 6 heteroatoms. The SMILES string of the molecule is CCC/C=C\C(CCCCCCC(=O)NCC(=O)O)OC(=O)CCCCCCCCC/C=C\CCCCCCCCC. The van der Waals surface area contributed by atoms with Crippen molar-refractivity contribution in [1.29, 1.82) is 0 Å². The Hall–Kier alpha value is -2.11. The van der Waals surface area contributed by atoms with Crippen LogP contribution in [0.4, 0.5) is 0 Å². The fourth-order valence-electron chi connectivity index (χ4n) is 4.95. The quantitative estimate of drug-likeness (QED) is 0.0475. The fourth-order valence-corrected chi connectivity index (χ4v) is 4.95. The lowest BCUT2D eigenvalue weighted by Gasteiger charge is -2.15. The van der Waals surface area contributed by atoms with E-state index in [0.29, 0.717) is 12.8 Å². The number of carbonyl (C=O) groups excluding carboxylic acids is 2. The second kappa shape index (κ2) is 31.8. The molecule has 0 spiro atoms. The highest BCUT2D eigenvalue weighted by atomic mass is 16.5. The van der Waals surface area contributed by atoms with Crippen LogP contribution in [0.1, 0.15) is 174 Å². The van der Waals surface area contributed by atoms with Crippen molar-refractivity contribution in [1.82, 2.24) is 5.32 Å². The zero-order valence-corrected chi connectivity index (χ0v) is 27.4. The zero-order valence-electron chi connectivity index (χ0n) is 27.4. The molecule has 0 aliphatic rings. The molecule has 2 N–H and O–H groups in total. The molecule has 0 aliphatic heterocycles. The van der Waals surface area contributed by atoms with Crippen molar-refractivity contribution in [2.24, 2.45) is 0 Å². The second-order valence-corrected chi connectivity index (χ2v) is 11.8. The monoisotopic (exact) mass is 591 g/mol. The Morgan fingerprint density at radius 3 is 1.71 bits per heavy atom. The van der Waals surface area contributed by atoms with Gasteiger partial charge in [0.25, 0.3) is 0 Å². The first-order valence-electron chi connectivity index (χ1n) is 17.5. The summed E-state index contributed by atoms with van der Waals surface area (Å²) in [5.41, 5.74) is 0. The largest absolute Gasteiger partial charge is 0.480 e. The van der Waals surface area contributed by atoms with Crippen LogP contribution < -0.4 is 5.32 Å². The van der Waals surface area contributed by atoms with Crippen LogP contribution in [0.25, 0.3) is 0 Å². The maximum atomic E-state index is 12.4. The number of allylic oxidation sites excluding steroid dienone is 3. The number of aliphatic carboxylic acids is 1. The van der Waals surface area contributed by atoms with Gasteiger partial charge < -0.3 is 15.2 Å². The highest BCUT2D eigenvalue weighted by Gasteiger charge is 2.11. The van der Waals surface area contributed by atoms with Crippen molar-refractivity contribution in [3.63, 3.8) is 0 Å². The second-order valence-electron chi connectivity index (χ2n) is 11.8. The van der Waals surface area contributed by atoms with Gasteiger partial charge in [-0.05, 0) is 63.9 Å². The smallest absolute Gasteiger partial charge is 0.322 e. The van der Waals surface area contributed by atoms with E-state index in [1.54, 1.807) is 0 Å². The summed E-state index contributed by atoms with van der Waals surface area (Å²) < 4.78 is 5.78. The van der Waals surface area contributed by atoms with Crippen molar-refractivity contribution >= 4 is 17.8 Å². The van der Waals surface area contributed by atoms with Gasteiger partial charge in [0.2, 0.25) is 5.91 Å². The average Bonchev–Trinajstić information content (AvgIpc) is 2.97. The van der Waals surface area contributed by atoms with Crippen LogP contribution >= 0.6 is 0 Å². The molecule has 0 radical (unpaired) electrons. The third-order valence-corrected chi connectivity index (χ3v) is 7.56. The molecular weight excluding hydrogens is 526 g/mol. The minimum absolute atomic E-state index is 0.0977. The number of hydrogen-bond donors (Lipinski definition) is 2. The molecule has 244 valence electrons. The maximum absolute atomic E-state index is 12.4. The molecule has 0 bridgehead atoms. The van der Waals surface area contributed by atoms with Gasteiger partial charge in [0.15, 0.2) is 0 Å². The third kappa shape index (κ3) is 30.8. The molecule has 6 nitrogen and oxygen atoms in total. The van der Waals surface area contributed by atoms with Gasteiger partial charge in [-0.1, -0.05) is 122 Å². The van der Waals surface area contributed by atoms with Crippen molar-refractivity contribution in [2.75, 3.05) is 6.54 Å². The molecule has 0 rings (SSSR count). The van der Waals surface area contributed by atoms with E-state index < -0.39 is 5.97 Å². The van der Waals surface area contributed by atoms with Crippen molar-refractivity contribution in [2.45, 2.75) is 180 Å². The van der Waals surface area contributed by atoms with E-state index in [1.165, 1.54) is 89.9 Å². The highest BCUT2D eigenvalue weighted by molar-refractivity contribution is 5.80. The normalized spacial score (nSPS) is 12.2. The van der Waals surface area contributed by atoms with Crippen LogP contribution in [-0.4, -0.2) is 35.6 Å². The van der Waals surface area contributed by atoms with Gasteiger partial charge in [-0.15, -0.1) is 0 Å². The van der Waals surface area contributed by atoms with Crippen LogP contribution in [0, 0.1) is 0 Å². The zero-order chi connectivity index (χ0) is 30.9. The Morgan fingerprint density at radius 1 is 0.619 bits per heavy atom. The summed E-state index contributed by atoms with van der Waals surface area (Å²) in [7, 11) is 0. The van der Waals surface area contributed by atoms with E-state index in [2.05, 4.69) is 37.4 Å². The lowest BCUT2D eigenvalue weighted by molar-refractivity contribution is -0.147. The number of unbranched alkanes of at least 4 members (excludes halogenated alkanes) is 18. The lowest BCUT2D eigenvalue weighted by Crippen LogP contribution is -2.28. The van der Waals surface area contributed by atoms with Crippen molar-refractivity contribution < 1.29 is 24.2 Å². The van der Waals surface area contributed by atoms with Gasteiger partial charge in [0.05, 0.1) is 0 Å². The molecule has 1 amide bonds. The van der Waals surface area contributed by atoms with Gasteiger partial charge in [-0.3, -0.25) is 14.4 Å². The van der Waals surface area contributed by atoms with Crippen LogP contribution in [-0.2, 0) is 19.1 Å². The first-order chi connectivity index (χ1) is 20.5. The first-order valence-corrected chi connectivity index (χ1v) is 17.5. The van der Waals surface area contributed by atoms with E-state index >= 15 is 0 Å². The molecule has 0 fully saturated rings. The van der Waals surface area contributed by atoms with Gasteiger partial charge >= 0.3 is 11.9 Å². The molecule has 1 atom stereocenters. The van der Waals surface area contributed by atoms with Crippen LogP contribution in [0.2, 0.25) is 0 Å². The molecule has 0 aromatic carbocycles. The fraction of sp³-hybridized carbons (Fsp3) is 0.806. The number of amides is 1. The summed E-state index contributed by atoms with van der Waals surface area (Å²) in [5, 5.41) is 11.0. The van der Waals surface area contributed by atoms with Crippen LogP contribution in [0.5, 0.6) is 0 Å². The summed E-state index contributed by atoms with van der Waals surface area (Å²) in [4.78, 5) is 34.5. The van der Waals surface area contributed by atoms with E-state index in [0.717, 1.165) is 57.8 Å². The predicted molar refractivity (Wildman–Crippen MR) is 176 cm³/mol. The summed E-state index contributed by atoms with van der Waals surface area (Å²) >= 11 is 0. The molecule has 0 aromatic rings. The van der Waals surface area contributed by atoms with Gasteiger partial charge in [0, 0.05) is 12.8 Å². The molecule has 0 heterocycles. The summed E-state index contributed by atoms with van der Waals surface area (Å²) in [6.45, 7) is 4.08. The highest BCUT2D eigenvalue weighted by Crippen LogP contribution is 2.15. The number of rotatable bonds is 31. The maximum Gasteiger partial charge on any atom is 0.322 e. The van der Waals surface area contributed by atoms with Crippen molar-refractivity contribution in [3.05, 3.63) is 24.3 Å². The molecule has 0 aliphatic carbocycles. The molecule has 0 aromatic heterocycles. The van der Waals surface area contributed by atoms with Gasteiger partial charge in [-0.2, -0.15) is 0 Å². The number of carboxylic acids is 1. The van der Waals surface area contributed by atoms with Crippen LogP contribution in [0.3, 0.4) is 0 Å². The summed E-state index contributed by atoms with van der Waals surface area (Å²) in [6, 6.07) is 0. The van der Waals surface area contributed by atoms with Gasteiger partial charge in [0.1, 0.15) is 12.6 Å². The van der Waals surface area contributed by atoms with Crippen molar-refractivity contribution in [3.8, 4) is 0 Å². The van der Waals surface area contributed by atoms with Crippen LogP contribution in [0.15, 0.2) is 24.3 Å². The Balaban J connectivity index is 3.79. The number of nitrogens with one attached hydrogen (secondary N) is 1. The number of ether oxygens (including phenoxy) is 1. The summed E-state index contributed by atoms with van der Waals surface area (Å²) in [6.07, 6.45) is 36.3. The molecule has 0 saturated carbocycles. The molecular formula is C36H65NO5. The molecule has 1 unspecified atom stereocenters. The number of carbonyl (C=O) groups is 3. The number of esters is 1. The first kappa shape index (κ1) is 39.9. The predicted octanol–water partition coefficient (Wildman–Crippen LogP) is 10.0. The number of hydrogen-bond acceptors (Lipinski definition) is 4. The Bertz CT molecular complexity index is 703. The number of carboxylic acid groups (broad SMARTS) is 1. The molecule has 0 saturated heterocycles. The minimum atomic E-state index is -1.03. The third-order valence-electron chi connectivity index (χ3n) is 7.56. The van der Waals surface area contributed by atoms with Gasteiger partial charge in [-0.25, -0.2) is 0 Å². The molecule has 42 heavy (non-hydrogen) atoms. The standard InChI is InChI=1S/C36H65NO5/c1-3-5-7-8-9-10-11-12-13-14-15-16-17-18-19-20-21-27-31-36(41)42-33(28-24-6-4-2)29-25-22-23-26-30-34(38)37-32-35(39)40/h13-14,24,28,33H,3-12,15-23,25-27,29-32H2,1-2H3,(H,37,38)(H,39,40)/b14-13-,28-24-. The summed E-state index contributed by atoms with van der Waals surface area (Å²) in [5.74, 6) is -1.35. The minimum Gasteiger partial charge on any atom is -0.480 e. The Labute approximate surface area is 258 Å².